The SMILES string of the molecule is O=C(NCCNC(=O)c1nn(-c2ccc(F)c(F)c2)c2c1CCC2)c1ccc(Cl)cc1. The van der Waals surface area contributed by atoms with Crippen LogP contribution in [-0.4, -0.2) is 34.7 Å². The van der Waals surface area contributed by atoms with E-state index in [0.717, 1.165) is 29.8 Å². The first kappa shape index (κ1) is 21.0. The molecule has 0 fully saturated rings. The molecule has 6 nitrogen and oxygen atoms in total. The van der Waals surface area contributed by atoms with Gasteiger partial charge in [-0.05, 0) is 55.7 Å². The standard InChI is InChI=1S/C22H19ClF2N4O2/c23-14-6-4-13(5-7-14)21(30)26-10-11-27-22(31)20-16-2-1-3-19(16)29(28-20)15-8-9-17(24)18(25)12-15/h4-9,12H,1-3,10-11H2,(H,26,30)(H,27,31). The molecule has 1 heterocycles. The molecule has 2 N–H and O–H groups in total. The number of hydrogen-bond acceptors (Lipinski definition) is 3. The molecule has 0 radical (unpaired) electrons. The Labute approximate surface area is 182 Å². The van der Waals surface area contributed by atoms with Gasteiger partial charge in [0.1, 0.15) is 0 Å². The number of halogens is 3. The van der Waals surface area contributed by atoms with Crippen molar-refractivity contribution < 1.29 is 18.4 Å². The first-order valence-electron chi connectivity index (χ1n) is 9.82. The molecule has 4 rings (SSSR count). The van der Waals surface area contributed by atoms with Crippen LogP contribution in [0.4, 0.5) is 8.78 Å². The molecule has 31 heavy (non-hydrogen) atoms. The third-order valence-corrected chi connectivity index (χ3v) is 5.35. The van der Waals surface area contributed by atoms with Gasteiger partial charge in [-0.1, -0.05) is 11.6 Å². The summed E-state index contributed by atoms with van der Waals surface area (Å²) in [6.07, 6.45) is 2.25. The lowest BCUT2D eigenvalue weighted by molar-refractivity contribution is 0.0924. The lowest BCUT2D eigenvalue weighted by atomic mass is 10.2. The number of aromatic nitrogens is 2. The van der Waals surface area contributed by atoms with Gasteiger partial charge in [0.2, 0.25) is 0 Å². The Morgan fingerprint density at radius 1 is 0.968 bits per heavy atom. The van der Waals surface area contributed by atoms with Crippen molar-refractivity contribution in [2.45, 2.75) is 19.3 Å². The van der Waals surface area contributed by atoms with E-state index in [0.29, 0.717) is 29.1 Å². The summed E-state index contributed by atoms with van der Waals surface area (Å²) in [5.41, 5.74) is 2.74. The van der Waals surface area contributed by atoms with Gasteiger partial charge in [0.15, 0.2) is 17.3 Å². The second-order valence-electron chi connectivity index (χ2n) is 7.16. The Hall–Kier alpha value is -3.26. The summed E-state index contributed by atoms with van der Waals surface area (Å²) in [6, 6.07) is 10.0. The maximum atomic E-state index is 13.7. The smallest absolute Gasteiger partial charge is 0.272 e. The van der Waals surface area contributed by atoms with Gasteiger partial charge >= 0.3 is 0 Å². The summed E-state index contributed by atoms with van der Waals surface area (Å²) in [5.74, 6) is -2.55. The van der Waals surface area contributed by atoms with E-state index in [4.69, 9.17) is 11.6 Å². The maximum Gasteiger partial charge on any atom is 0.272 e. The van der Waals surface area contributed by atoms with Gasteiger partial charge < -0.3 is 10.6 Å². The summed E-state index contributed by atoms with van der Waals surface area (Å²) >= 11 is 5.81. The molecule has 160 valence electrons. The van der Waals surface area contributed by atoms with Crippen LogP contribution in [0.15, 0.2) is 42.5 Å². The Morgan fingerprint density at radius 3 is 2.39 bits per heavy atom. The predicted octanol–water partition coefficient (Wildman–Crippen LogP) is 3.45. The zero-order chi connectivity index (χ0) is 22.0. The molecule has 0 atom stereocenters. The molecule has 1 aliphatic carbocycles. The van der Waals surface area contributed by atoms with Gasteiger partial charge in [-0.2, -0.15) is 5.10 Å². The van der Waals surface area contributed by atoms with Crippen LogP contribution in [0.2, 0.25) is 5.02 Å². The number of nitrogens with zero attached hydrogens (tertiary/aromatic N) is 2. The summed E-state index contributed by atoms with van der Waals surface area (Å²) in [7, 11) is 0. The Kier molecular flexibility index (Phi) is 5.99. The van der Waals surface area contributed by atoms with Crippen LogP contribution >= 0.6 is 11.6 Å². The topological polar surface area (TPSA) is 76.0 Å². The highest BCUT2D eigenvalue weighted by atomic mass is 35.5. The van der Waals surface area contributed by atoms with Crippen LogP contribution in [0.3, 0.4) is 0 Å². The highest BCUT2D eigenvalue weighted by Gasteiger charge is 2.27. The molecule has 0 saturated carbocycles. The molecule has 0 spiro atoms. The molecule has 1 aromatic heterocycles. The number of hydrogen-bond donors (Lipinski definition) is 2. The molecule has 1 aliphatic rings. The maximum absolute atomic E-state index is 13.7. The predicted molar refractivity (Wildman–Crippen MR) is 112 cm³/mol. The summed E-state index contributed by atoms with van der Waals surface area (Å²) < 4.78 is 28.4. The summed E-state index contributed by atoms with van der Waals surface area (Å²) in [4.78, 5) is 24.8. The average molecular weight is 445 g/mol. The monoisotopic (exact) mass is 444 g/mol. The van der Waals surface area contributed by atoms with E-state index < -0.39 is 11.6 Å². The zero-order valence-corrected chi connectivity index (χ0v) is 17.2. The first-order chi connectivity index (χ1) is 14.9. The third-order valence-electron chi connectivity index (χ3n) is 5.10. The first-order valence-corrected chi connectivity index (χ1v) is 10.2. The minimum atomic E-state index is -0.970. The number of nitrogens with one attached hydrogen (secondary N) is 2. The van der Waals surface area contributed by atoms with Crippen LogP contribution in [0, 0.1) is 11.6 Å². The van der Waals surface area contributed by atoms with E-state index >= 15 is 0 Å². The Bertz CT molecular complexity index is 1150. The van der Waals surface area contributed by atoms with Gasteiger partial charge in [0, 0.05) is 41.0 Å². The third kappa shape index (κ3) is 4.44. The number of carbonyl (C=O) groups is 2. The molecule has 0 saturated heterocycles. The van der Waals surface area contributed by atoms with E-state index in [-0.39, 0.29) is 30.6 Å². The molecule has 0 aliphatic heterocycles. The van der Waals surface area contributed by atoms with E-state index in [9.17, 15) is 18.4 Å². The highest BCUT2D eigenvalue weighted by molar-refractivity contribution is 6.30. The van der Waals surface area contributed by atoms with Crippen molar-refractivity contribution in [1.82, 2.24) is 20.4 Å². The number of fused-ring (bicyclic) bond motifs is 1. The van der Waals surface area contributed by atoms with Gasteiger partial charge in [-0.3, -0.25) is 9.59 Å². The van der Waals surface area contributed by atoms with Crippen molar-refractivity contribution in [3.05, 3.63) is 81.6 Å². The quantitative estimate of drug-likeness (QED) is 0.572. The molecule has 3 aromatic rings. The molecule has 0 bridgehead atoms. The van der Waals surface area contributed by atoms with E-state index in [1.54, 1.807) is 24.3 Å². The Balaban J connectivity index is 1.40. The number of rotatable bonds is 6. The van der Waals surface area contributed by atoms with Gasteiger partial charge in [-0.15, -0.1) is 0 Å². The summed E-state index contributed by atoms with van der Waals surface area (Å²) in [5, 5.41) is 10.4. The fraction of sp³-hybridized carbons (Fsp3) is 0.227. The van der Waals surface area contributed by atoms with Gasteiger partial charge in [0.25, 0.3) is 11.8 Å². The molecule has 2 amide bonds. The van der Waals surface area contributed by atoms with E-state index in [1.165, 1.54) is 10.7 Å². The van der Waals surface area contributed by atoms with Crippen LogP contribution in [0.25, 0.3) is 5.69 Å². The van der Waals surface area contributed by atoms with E-state index in [1.807, 2.05) is 0 Å². The fourth-order valence-electron chi connectivity index (χ4n) is 3.59. The number of carbonyl (C=O) groups excluding carboxylic acids is 2. The highest BCUT2D eigenvalue weighted by Crippen LogP contribution is 2.28. The molecular weight excluding hydrogens is 426 g/mol. The largest absolute Gasteiger partial charge is 0.350 e. The van der Waals surface area contributed by atoms with Crippen molar-refractivity contribution in [1.29, 1.82) is 0 Å². The molecule has 2 aromatic carbocycles. The van der Waals surface area contributed by atoms with Gasteiger partial charge in [-0.25, -0.2) is 13.5 Å². The van der Waals surface area contributed by atoms with Crippen LogP contribution < -0.4 is 10.6 Å². The van der Waals surface area contributed by atoms with Crippen molar-refractivity contribution in [3.63, 3.8) is 0 Å². The lowest BCUT2D eigenvalue weighted by Gasteiger charge is -2.07. The normalized spacial score (nSPS) is 12.5. The molecule has 0 unspecified atom stereocenters. The fourth-order valence-corrected chi connectivity index (χ4v) is 3.72. The zero-order valence-electron chi connectivity index (χ0n) is 16.4. The minimum Gasteiger partial charge on any atom is -0.350 e. The van der Waals surface area contributed by atoms with Crippen molar-refractivity contribution >= 4 is 23.4 Å². The van der Waals surface area contributed by atoms with Crippen molar-refractivity contribution in [3.8, 4) is 5.69 Å². The Morgan fingerprint density at radius 2 is 1.68 bits per heavy atom. The lowest BCUT2D eigenvalue weighted by Crippen LogP contribution is -2.35. The van der Waals surface area contributed by atoms with Crippen LogP contribution in [0.1, 0.15) is 38.5 Å². The van der Waals surface area contributed by atoms with Crippen molar-refractivity contribution in [2.75, 3.05) is 13.1 Å². The van der Waals surface area contributed by atoms with Crippen LogP contribution in [-0.2, 0) is 12.8 Å². The van der Waals surface area contributed by atoms with E-state index in [2.05, 4.69) is 15.7 Å². The summed E-state index contributed by atoms with van der Waals surface area (Å²) in [6.45, 7) is 0.449. The second-order valence-corrected chi connectivity index (χ2v) is 7.59. The second kappa shape index (κ2) is 8.85. The number of benzene rings is 2. The average Bonchev–Trinajstić information content (AvgIpc) is 3.36. The van der Waals surface area contributed by atoms with Crippen molar-refractivity contribution in [2.24, 2.45) is 0 Å². The number of amides is 2. The van der Waals surface area contributed by atoms with Gasteiger partial charge in [0.05, 0.1) is 5.69 Å². The molecule has 9 heteroatoms. The van der Waals surface area contributed by atoms with Crippen LogP contribution in [0.5, 0.6) is 0 Å². The minimum absolute atomic E-state index is 0.213. The molecular formula is C22H19ClF2N4O2.